The molecule has 0 aliphatic heterocycles. The lowest BCUT2D eigenvalue weighted by Crippen LogP contribution is -2.35. The predicted octanol–water partition coefficient (Wildman–Crippen LogP) is 2.47. The first kappa shape index (κ1) is 16.7. The van der Waals surface area contributed by atoms with Crippen LogP contribution in [0.4, 0.5) is 5.69 Å². The highest BCUT2D eigenvalue weighted by Gasteiger charge is 2.34. The van der Waals surface area contributed by atoms with Gasteiger partial charge in [0.15, 0.2) is 0 Å². The van der Waals surface area contributed by atoms with Crippen LogP contribution in [-0.2, 0) is 14.3 Å². The van der Waals surface area contributed by atoms with Gasteiger partial charge < -0.3 is 15.2 Å². The van der Waals surface area contributed by atoms with Crippen LogP contribution in [0.3, 0.4) is 0 Å². The van der Waals surface area contributed by atoms with Crippen molar-refractivity contribution in [1.82, 2.24) is 0 Å². The molecule has 1 aromatic rings. The second kappa shape index (κ2) is 7.58. The first-order valence-electron chi connectivity index (χ1n) is 7.49. The monoisotopic (exact) mass is 317 g/mol. The summed E-state index contributed by atoms with van der Waals surface area (Å²) in [5.41, 5.74) is 0.579. The number of allylic oxidation sites excluding steroid dienone is 2. The van der Waals surface area contributed by atoms with E-state index in [1.807, 2.05) is 0 Å². The highest BCUT2D eigenvalue weighted by Crippen LogP contribution is 2.28. The third-order valence-electron chi connectivity index (χ3n) is 3.77. The van der Waals surface area contributed by atoms with Crippen LogP contribution in [0.5, 0.6) is 0 Å². The van der Waals surface area contributed by atoms with Crippen molar-refractivity contribution in [3.63, 3.8) is 0 Å². The van der Waals surface area contributed by atoms with Gasteiger partial charge in [-0.05, 0) is 31.9 Å². The molecule has 1 aromatic carbocycles. The van der Waals surface area contributed by atoms with Crippen LogP contribution in [0.2, 0.25) is 0 Å². The predicted molar refractivity (Wildman–Crippen MR) is 84.0 cm³/mol. The normalized spacial score (nSPS) is 19.9. The molecule has 0 radical (unpaired) electrons. The van der Waals surface area contributed by atoms with Crippen molar-refractivity contribution in [2.45, 2.75) is 19.8 Å². The van der Waals surface area contributed by atoms with Crippen LogP contribution in [-0.4, -0.2) is 29.6 Å². The molecule has 2 rings (SSSR count). The number of amides is 1. The van der Waals surface area contributed by atoms with Crippen LogP contribution in [0, 0.1) is 11.8 Å². The number of para-hydroxylation sites is 1. The molecule has 0 heterocycles. The minimum atomic E-state index is -0.992. The molecule has 2 atom stereocenters. The van der Waals surface area contributed by atoms with E-state index in [4.69, 9.17) is 4.74 Å². The summed E-state index contributed by atoms with van der Waals surface area (Å²) in [4.78, 5) is 35.7. The maximum atomic E-state index is 12.5. The molecular formula is C17H19NO5. The number of carbonyl (C=O) groups excluding carboxylic acids is 2. The molecule has 6 heteroatoms. The summed E-state index contributed by atoms with van der Waals surface area (Å²) in [7, 11) is 0. The summed E-state index contributed by atoms with van der Waals surface area (Å²) < 4.78 is 4.96. The summed E-state index contributed by atoms with van der Waals surface area (Å²) in [6.45, 7) is 1.93. The lowest BCUT2D eigenvalue weighted by molar-refractivity contribution is -0.146. The summed E-state index contributed by atoms with van der Waals surface area (Å²) in [5, 5.41) is 11.9. The number of carbonyl (C=O) groups is 3. The number of hydrogen-bond acceptors (Lipinski definition) is 4. The fourth-order valence-electron chi connectivity index (χ4n) is 2.58. The number of esters is 1. The Kier molecular flexibility index (Phi) is 5.51. The number of nitrogens with one attached hydrogen (secondary N) is 1. The van der Waals surface area contributed by atoms with Gasteiger partial charge in [-0.25, -0.2) is 4.79 Å². The van der Waals surface area contributed by atoms with Gasteiger partial charge in [-0.2, -0.15) is 0 Å². The van der Waals surface area contributed by atoms with Crippen molar-refractivity contribution in [3.05, 3.63) is 42.0 Å². The second-order valence-electron chi connectivity index (χ2n) is 5.25. The Morgan fingerprint density at radius 1 is 1.17 bits per heavy atom. The molecule has 2 N–H and O–H groups in total. The maximum absolute atomic E-state index is 12.5. The number of rotatable bonds is 5. The molecule has 1 aliphatic rings. The Labute approximate surface area is 134 Å². The Morgan fingerprint density at radius 3 is 2.48 bits per heavy atom. The Hall–Kier alpha value is -2.63. The minimum absolute atomic E-state index is 0.232. The number of carboxylic acids is 1. The van der Waals surface area contributed by atoms with E-state index < -0.39 is 29.7 Å². The van der Waals surface area contributed by atoms with E-state index in [1.54, 1.807) is 43.3 Å². The summed E-state index contributed by atoms with van der Waals surface area (Å²) in [5.74, 6) is -3.34. The molecule has 1 aliphatic carbocycles. The van der Waals surface area contributed by atoms with E-state index in [-0.39, 0.29) is 12.2 Å². The van der Waals surface area contributed by atoms with Gasteiger partial charge in [0.1, 0.15) is 0 Å². The highest BCUT2D eigenvalue weighted by molar-refractivity contribution is 6.02. The maximum Gasteiger partial charge on any atom is 0.340 e. The fourth-order valence-corrected chi connectivity index (χ4v) is 2.58. The molecule has 0 unspecified atom stereocenters. The van der Waals surface area contributed by atoms with Gasteiger partial charge in [-0.1, -0.05) is 24.3 Å². The number of benzene rings is 1. The standard InChI is InChI=1S/C17H19NO5/c1-2-23-17(22)13-9-5-6-10-14(13)18-15(19)11-7-3-4-8-12(11)16(20)21/h3-6,9-12H,2,7-8H2,1H3,(H,18,19)(H,20,21)/t11-,12-/m1/s1. The molecular weight excluding hydrogens is 298 g/mol. The molecule has 6 nitrogen and oxygen atoms in total. The van der Waals surface area contributed by atoms with Crippen molar-refractivity contribution in [2.75, 3.05) is 11.9 Å². The van der Waals surface area contributed by atoms with E-state index in [0.717, 1.165) is 0 Å². The largest absolute Gasteiger partial charge is 0.481 e. The Balaban J connectivity index is 2.18. The number of anilines is 1. The molecule has 0 saturated carbocycles. The third kappa shape index (κ3) is 3.97. The van der Waals surface area contributed by atoms with Crippen LogP contribution >= 0.6 is 0 Å². The molecule has 122 valence electrons. The van der Waals surface area contributed by atoms with Crippen molar-refractivity contribution < 1.29 is 24.2 Å². The third-order valence-corrected chi connectivity index (χ3v) is 3.77. The molecule has 0 fully saturated rings. The fraction of sp³-hybridized carbons (Fsp3) is 0.353. The second-order valence-corrected chi connectivity index (χ2v) is 5.25. The molecule has 0 bridgehead atoms. The quantitative estimate of drug-likeness (QED) is 0.643. The minimum Gasteiger partial charge on any atom is -0.481 e. The van der Waals surface area contributed by atoms with E-state index in [1.165, 1.54) is 0 Å². The van der Waals surface area contributed by atoms with Gasteiger partial charge in [0.25, 0.3) is 0 Å². The molecule has 23 heavy (non-hydrogen) atoms. The van der Waals surface area contributed by atoms with E-state index in [2.05, 4.69) is 5.32 Å². The van der Waals surface area contributed by atoms with Gasteiger partial charge in [-0.15, -0.1) is 0 Å². The van der Waals surface area contributed by atoms with Crippen LogP contribution in [0.1, 0.15) is 30.1 Å². The summed E-state index contributed by atoms with van der Waals surface area (Å²) in [6.07, 6.45) is 4.27. The van der Waals surface area contributed by atoms with Gasteiger partial charge in [0, 0.05) is 0 Å². The number of carboxylic acid groups (broad SMARTS) is 1. The van der Waals surface area contributed by atoms with Crippen molar-refractivity contribution in [1.29, 1.82) is 0 Å². The van der Waals surface area contributed by atoms with Crippen LogP contribution < -0.4 is 5.32 Å². The average molecular weight is 317 g/mol. The molecule has 1 amide bonds. The zero-order chi connectivity index (χ0) is 16.8. The number of ether oxygens (including phenoxy) is 1. The Bertz CT molecular complexity index is 638. The number of hydrogen-bond donors (Lipinski definition) is 2. The highest BCUT2D eigenvalue weighted by atomic mass is 16.5. The molecule has 0 aromatic heterocycles. The molecule has 0 spiro atoms. The SMILES string of the molecule is CCOC(=O)c1ccccc1NC(=O)[C@@H]1CC=CC[C@H]1C(=O)O. The lowest BCUT2D eigenvalue weighted by atomic mass is 9.82. The van der Waals surface area contributed by atoms with E-state index in [0.29, 0.717) is 18.5 Å². The van der Waals surface area contributed by atoms with Gasteiger partial charge >= 0.3 is 11.9 Å². The van der Waals surface area contributed by atoms with E-state index >= 15 is 0 Å². The van der Waals surface area contributed by atoms with Crippen molar-refractivity contribution >= 4 is 23.5 Å². The van der Waals surface area contributed by atoms with Gasteiger partial charge in [0.05, 0.1) is 29.7 Å². The zero-order valence-electron chi connectivity index (χ0n) is 12.8. The lowest BCUT2D eigenvalue weighted by Gasteiger charge is -2.24. The Morgan fingerprint density at radius 2 is 1.83 bits per heavy atom. The topological polar surface area (TPSA) is 92.7 Å². The van der Waals surface area contributed by atoms with E-state index in [9.17, 15) is 19.5 Å². The van der Waals surface area contributed by atoms with Crippen molar-refractivity contribution in [2.24, 2.45) is 11.8 Å². The summed E-state index contributed by atoms with van der Waals surface area (Å²) in [6, 6.07) is 6.51. The molecule has 0 saturated heterocycles. The average Bonchev–Trinajstić information content (AvgIpc) is 2.55. The van der Waals surface area contributed by atoms with Gasteiger partial charge in [0.2, 0.25) is 5.91 Å². The van der Waals surface area contributed by atoms with Crippen molar-refractivity contribution in [3.8, 4) is 0 Å². The van der Waals surface area contributed by atoms with Gasteiger partial charge in [-0.3, -0.25) is 9.59 Å². The summed E-state index contributed by atoms with van der Waals surface area (Å²) >= 11 is 0. The first-order chi connectivity index (χ1) is 11.0. The van der Waals surface area contributed by atoms with Crippen LogP contribution in [0.25, 0.3) is 0 Å². The zero-order valence-corrected chi connectivity index (χ0v) is 12.8. The first-order valence-corrected chi connectivity index (χ1v) is 7.49. The van der Waals surface area contributed by atoms with Crippen LogP contribution in [0.15, 0.2) is 36.4 Å². The smallest absolute Gasteiger partial charge is 0.340 e. The number of aliphatic carboxylic acids is 1.